The van der Waals surface area contributed by atoms with Crippen LogP contribution < -0.4 is 10.6 Å². The number of urea groups is 1. The quantitative estimate of drug-likeness (QED) is 0.812. The highest BCUT2D eigenvalue weighted by molar-refractivity contribution is 5.74. The summed E-state index contributed by atoms with van der Waals surface area (Å²) in [6, 6.07) is 1.14. The lowest BCUT2D eigenvalue weighted by Gasteiger charge is -2.30. The largest absolute Gasteiger partial charge is 0.335 e. The number of nitrogens with zero attached hydrogens (tertiary/aromatic N) is 1. The Morgan fingerprint density at radius 1 is 1.00 bits per heavy atom. The highest BCUT2D eigenvalue weighted by Gasteiger charge is 2.30. The van der Waals surface area contributed by atoms with E-state index in [4.69, 9.17) is 0 Å². The predicted molar refractivity (Wildman–Crippen MR) is 80.7 cm³/mol. The summed E-state index contributed by atoms with van der Waals surface area (Å²) < 4.78 is 0. The van der Waals surface area contributed by atoms with Crippen LogP contribution >= 0.6 is 0 Å². The van der Waals surface area contributed by atoms with Crippen LogP contribution in [0.25, 0.3) is 0 Å². The number of hydrogen-bond acceptors (Lipinski definition) is 2. The molecule has 0 aromatic rings. The topological polar surface area (TPSA) is 44.4 Å². The number of rotatable bonds is 5. The van der Waals surface area contributed by atoms with Gasteiger partial charge in [0.15, 0.2) is 0 Å². The maximum Gasteiger partial charge on any atom is 0.317 e. The van der Waals surface area contributed by atoms with E-state index in [1.165, 1.54) is 57.8 Å². The highest BCUT2D eigenvalue weighted by atomic mass is 16.2. The Bertz CT molecular complexity index is 318. The van der Waals surface area contributed by atoms with Crippen LogP contribution in [0.4, 0.5) is 4.79 Å². The minimum atomic E-state index is 0.192. The fourth-order valence-electron chi connectivity index (χ4n) is 3.54. The fraction of sp³-hybridized carbons (Fsp3) is 0.938. The van der Waals surface area contributed by atoms with Crippen molar-refractivity contribution >= 4 is 6.03 Å². The second kappa shape index (κ2) is 6.79. The van der Waals surface area contributed by atoms with Crippen LogP contribution in [0, 0.1) is 5.92 Å². The molecular weight excluding hydrogens is 250 g/mol. The molecule has 0 bridgehead atoms. The molecule has 1 unspecified atom stereocenters. The summed E-state index contributed by atoms with van der Waals surface area (Å²) in [7, 11) is 0. The summed E-state index contributed by atoms with van der Waals surface area (Å²) in [6.45, 7) is 2.98. The van der Waals surface area contributed by atoms with Gasteiger partial charge in [-0.15, -0.1) is 0 Å². The molecular formula is C16H29N3O. The Hall–Kier alpha value is -0.770. The van der Waals surface area contributed by atoms with Gasteiger partial charge in [-0.3, -0.25) is 0 Å². The van der Waals surface area contributed by atoms with Crippen LogP contribution in [-0.2, 0) is 0 Å². The van der Waals surface area contributed by atoms with E-state index in [0.717, 1.165) is 25.6 Å². The first kappa shape index (κ1) is 14.2. The van der Waals surface area contributed by atoms with Crippen molar-refractivity contribution in [3.63, 3.8) is 0 Å². The van der Waals surface area contributed by atoms with Gasteiger partial charge in [-0.1, -0.05) is 19.3 Å². The lowest BCUT2D eigenvalue weighted by Crippen LogP contribution is -2.49. The van der Waals surface area contributed by atoms with Crippen LogP contribution in [0.1, 0.15) is 57.8 Å². The smallest absolute Gasteiger partial charge is 0.317 e. The van der Waals surface area contributed by atoms with Crippen molar-refractivity contribution in [2.45, 2.75) is 69.9 Å². The molecule has 3 rings (SSSR count). The molecule has 2 amide bonds. The summed E-state index contributed by atoms with van der Waals surface area (Å²) in [5.41, 5.74) is 0. The van der Waals surface area contributed by atoms with Gasteiger partial charge in [-0.2, -0.15) is 0 Å². The Labute approximate surface area is 122 Å². The van der Waals surface area contributed by atoms with Gasteiger partial charge in [0.1, 0.15) is 0 Å². The van der Waals surface area contributed by atoms with Gasteiger partial charge >= 0.3 is 6.03 Å². The van der Waals surface area contributed by atoms with E-state index in [0.29, 0.717) is 12.1 Å². The molecule has 2 aliphatic carbocycles. The van der Waals surface area contributed by atoms with Gasteiger partial charge in [-0.25, -0.2) is 4.79 Å². The van der Waals surface area contributed by atoms with Crippen molar-refractivity contribution in [1.82, 2.24) is 15.5 Å². The zero-order valence-corrected chi connectivity index (χ0v) is 12.6. The van der Waals surface area contributed by atoms with Crippen molar-refractivity contribution < 1.29 is 4.79 Å². The van der Waals surface area contributed by atoms with Crippen molar-refractivity contribution in [3.8, 4) is 0 Å². The molecule has 3 aliphatic rings. The SMILES string of the molecule is O=C(NC1CCCCC1)N(CC1CC1)CC1CCCN1. The van der Waals surface area contributed by atoms with Crippen molar-refractivity contribution in [2.75, 3.05) is 19.6 Å². The molecule has 20 heavy (non-hydrogen) atoms. The maximum atomic E-state index is 12.5. The number of carbonyl (C=O) groups is 1. The summed E-state index contributed by atoms with van der Waals surface area (Å²) in [5, 5.41) is 6.80. The Kier molecular flexibility index (Phi) is 4.81. The van der Waals surface area contributed by atoms with Gasteiger partial charge < -0.3 is 15.5 Å². The monoisotopic (exact) mass is 279 g/mol. The first-order chi connectivity index (χ1) is 9.81. The van der Waals surface area contributed by atoms with Gasteiger partial charge in [0.05, 0.1) is 0 Å². The van der Waals surface area contributed by atoms with Crippen LogP contribution in [0.3, 0.4) is 0 Å². The summed E-state index contributed by atoms with van der Waals surface area (Å²) in [6.07, 6.45) is 11.3. The molecule has 1 aliphatic heterocycles. The molecule has 3 fully saturated rings. The number of carbonyl (C=O) groups excluding carboxylic acids is 1. The molecule has 1 heterocycles. The molecule has 2 saturated carbocycles. The Balaban J connectivity index is 1.50. The third-order valence-corrected chi connectivity index (χ3v) is 5.00. The van der Waals surface area contributed by atoms with E-state index in [2.05, 4.69) is 15.5 Å². The van der Waals surface area contributed by atoms with Crippen molar-refractivity contribution in [2.24, 2.45) is 5.92 Å². The van der Waals surface area contributed by atoms with Gasteiger partial charge in [-0.05, 0) is 51.0 Å². The van der Waals surface area contributed by atoms with Crippen LogP contribution in [-0.4, -0.2) is 42.6 Å². The second-order valence-corrected chi connectivity index (χ2v) is 6.93. The molecule has 1 atom stereocenters. The highest BCUT2D eigenvalue weighted by Crippen LogP contribution is 2.30. The average Bonchev–Trinajstić information content (AvgIpc) is 3.13. The van der Waals surface area contributed by atoms with Crippen molar-refractivity contribution in [1.29, 1.82) is 0 Å². The molecule has 4 nitrogen and oxygen atoms in total. The van der Waals surface area contributed by atoms with Gasteiger partial charge in [0.2, 0.25) is 0 Å². The average molecular weight is 279 g/mol. The van der Waals surface area contributed by atoms with E-state index in [1.54, 1.807) is 0 Å². The van der Waals surface area contributed by atoms with E-state index in [-0.39, 0.29) is 6.03 Å². The van der Waals surface area contributed by atoms with Crippen LogP contribution in [0.2, 0.25) is 0 Å². The molecule has 4 heteroatoms. The van der Waals surface area contributed by atoms with Gasteiger partial charge in [0.25, 0.3) is 0 Å². The first-order valence-electron chi connectivity index (χ1n) is 8.60. The van der Waals surface area contributed by atoms with E-state index >= 15 is 0 Å². The number of amides is 2. The summed E-state index contributed by atoms with van der Waals surface area (Å²) >= 11 is 0. The zero-order valence-electron chi connectivity index (χ0n) is 12.6. The maximum absolute atomic E-state index is 12.5. The lowest BCUT2D eigenvalue weighted by atomic mass is 9.96. The summed E-state index contributed by atoms with van der Waals surface area (Å²) in [4.78, 5) is 14.6. The third-order valence-electron chi connectivity index (χ3n) is 5.00. The minimum absolute atomic E-state index is 0.192. The molecule has 114 valence electrons. The first-order valence-corrected chi connectivity index (χ1v) is 8.60. The Morgan fingerprint density at radius 2 is 1.80 bits per heavy atom. The normalized spacial score (nSPS) is 27.5. The molecule has 0 spiro atoms. The number of hydrogen-bond donors (Lipinski definition) is 2. The van der Waals surface area contributed by atoms with E-state index < -0.39 is 0 Å². The Morgan fingerprint density at radius 3 is 2.45 bits per heavy atom. The predicted octanol–water partition coefficient (Wildman–Crippen LogP) is 2.49. The standard InChI is InChI=1S/C16H29N3O/c20-16(18-14-5-2-1-3-6-14)19(11-13-8-9-13)12-15-7-4-10-17-15/h13-15,17H,1-12H2,(H,18,20). The minimum Gasteiger partial charge on any atom is -0.335 e. The fourth-order valence-corrected chi connectivity index (χ4v) is 3.54. The van der Waals surface area contributed by atoms with Gasteiger partial charge in [0, 0.05) is 25.2 Å². The molecule has 0 aromatic carbocycles. The summed E-state index contributed by atoms with van der Waals surface area (Å²) in [5.74, 6) is 0.772. The second-order valence-electron chi connectivity index (χ2n) is 6.93. The number of nitrogens with one attached hydrogen (secondary N) is 2. The molecule has 0 aromatic heterocycles. The van der Waals surface area contributed by atoms with Crippen LogP contribution in [0.15, 0.2) is 0 Å². The van der Waals surface area contributed by atoms with E-state index in [9.17, 15) is 4.79 Å². The van der Waals surface area contributed by atoms with Crippen LogP contribution in [0.5, 0.6) is 0 Å². The molecule has 1 saturated heterocycles. The zero-order chi connectivity index (χ0) is 13.8. The van der Waals surface area contributed by atoms with E-state index in [1.807, 2.05) is 0 Å². The molecule has 2 N–H and O–H groups in total. The molecule has 0 radical (unpaired) electrons. The lowest BCUT2D eigenvalue weighted by molar-refractivity contribution is 0.182. The van der Waals surface area contributed by atoms with Crippen molar-refractivity contribution in [3.05, 3.63) is 0 Å². The third kappa shape index (κ3) is 4.11.